The lowest BCUT2D eigenvalue weighted by molar-refractivity contribution is -0.171. The number of alkyl halides is 1. The first kappa shape index (κ1) is 18.9. The molecular weight excluding hydrogens is 364 g/mol. The van der Waals surface area contributed by atoms with Crippen molar-refractivity contribution in [2.75, 3.05) is 0 Å². The van der Waals surface area contributed by atoms with Gasteiger partial charge < -0.3 is 4.74 Å². The lowest BCUT2D eigenvalue weighted by Gasteiger charge is -2.55. The molecule has 0 aromatic heterocycles. The lowest BCUT2D eigenvalue weighted by Crippen LogP contribution is -2.55. The number of ketones is 2. The van der Waals surface area contributed by atoms with Crippen molar-refractivity contribution in [3.63, 3.8) is 0 Å². The Hall–Kier alpha value is -1.42. The van der Waals surface area contributed by atoms with Crippen molar-refractivity contribution in [1.82, 2.24) is 0 Å². The number of halogens is 1. The van der Waals surface area contributed by atoms with Crippen LogP contribution < -0.4 is 0 Å². The number of hydrogen-bond acceptors (Lipinski definition) is 4. The van der Waals surface area contributed by atoms with E-state index in [2.05, 4.69) is 19.9 Å². The van der Waals surface area contributed by atoms with Gasteiger partial charge in [-0.25, -0.2) is 0 Å². The van der Waals surface area contributed by atoms with E-state index in [1.165, 1.54) is 11.1 Å². The van der Waals surface area contributed by atoms with Gasteiger partial charge in [-0.05, 0) is 63.4 Å². The van der Waals surface area contributed by atoms with Gasteiger partial charge in [-0.3, -0.25) is 14.4 Å². The Bertz CT molecular complexity index is 783. The fourth-order valence-corrected chi connectivity index (χ4v) is 7.19. The second kappa shape index (κ2) is 6.04. The Morgan fingerprint density at radius 2 is 2.07 bits per heavy atom. The standard InChI is InChI=1S/C22H27ClO4/c1-13(25)22(27-12-24)9-7-17-15-5-4-14-10-19(26)18(23)11-20(14,2)16(15)6-8-21(17,22)3/h6,10,12,15,17-18H,4-5,7-9,11H2,1-3H3/t15-,17+,18?,20+,21+,22+/m1/s1. The quantitative estimate of drug-likeness (QED) is 0.412. The molecule has 0 heterocycles. The Morgan fingerprint density at radius 1 is 1.33 bits per heavy atom. The van der Waals surface area contributed by atoms with Crippen molar-refractivity contribution < 1.29 is 19.1 Å². The molecule has 0 aromatic rings. The lowest BCUT2D eigenvalue weighted by atomic mass is 9.50. The molecular formula is C22H27ClO4. The maximum Gasteiger partial charge on any atom is 0.294 e. The van der Waals surface area contributed by atoms with E-state index in [4.69, 9.17) is 16.3 Å². The molecule has 0 aromatic carbocycles. The number of ether oxygens (including phenoxy) is 1. The van der Waals surface area contributed by atoms with Crippen molar-refractivity contribution in [2.45, 2.75) is 70.3 Å². The SMILES string of the molecule is CC(=O)[C@@]1(OC=O)CC[C@H]2[C@@H]3CCC4=CC(=O)C(Cl)C[C@]4(C)C3=CC[C@@]21C. The molecule has 146 valence electrons. The van der Waals surface area contributed by atoms with Crippen LogP contribution >= 0.6 is 11.6 Å². The number of hydrogen-bond donors (Lipinski definition) is 0. The summed E-state index contributed by atoms with van der Waals surface area (Å²) in [6, 6.07) is 0. The first-order chi connectivity index (χ1) is 12.7. The Balaban J connectivity index is 1.78. The monoisotopic (exact) mass is 390 g/mol. The zero-order valence-corrected chi connectivity index (χ0v) is 17.0. The van der Waals surface area contributed by atoms with Crippen LogP contribution in [0.25, 0.3) is 0 Å². The molecule has 4 nitrogen and oxygen atoms in total. The molecule has 4 rings (SSSR count). The van der Waals surface area contributed by atoms with Gasteiger partial charge in [0.15, 0.2) is 17.2 Å². The summed E-state index contributed by atoms with van der Waals surface area (Å²) in [5, 5.41) is -0.468. The van der Waals surface area contributed by atoms with E-state index in [0.29, 0.717) is 37.6 Å². The molecule has 0 aliphatic heterocycles. The molecule has 0 saturated heterocycles. The van der Waals surface area contributed by atoms with Gasteiger partial charge in [-0.15, -0.1) is 11.6 Å². The van der Waals surface area contributed by atoms with Gasteiger partial charge in [0.2, 0.25) is 0 Å². The molecule has 27 heavy (non-hydrogen) atoms. The van der Waals surface area contributed by atoms with Crippen LogP contribution in [-0.2, 0) is 19.1 Å². The van der Waals surface area contributed by atoms with Crippen molar-refractivity contribution >= 4 is 29.6 Å². The summed E-state index contributed by atoms with van der Waals surface area (Å²) in [5.74, 6) is 0.619. The van der Waals surface area contributed by atoms with Crippen LogP contribution in [0.2, 0.25) is 0 Å². The predicted octanol–water partition coefficient (Wildman–Crippen LogP) is 4.16. The minimum absolute atomic E-state index is 0.0275. The molecule has 6 atom stereocenters. The maximum atomic E-state index is 12.6. The summed E-state index contributed by atoms with van der Waals surface area (Å²) in [6.45, 7) is 6.33. The molecule has 0 N–H and O–H groups in total. The maximum absolute atomic E-state index is 12.6. The van der Waals surface area contributed by atoms with Gasteiger partial charge in [0.05, 0.1) is 5.38 Å². The minimum atomic E-state index is -1.02. The summed E-state index contributed by atoms with van der Waals surface area (Å²) < 4.78 is 5.53. The summed E-state index contributed by atoms with van der Waals surface area (Å²) in [6.07, 6.45) is 8.74. The number of fused-ring (bicyclic) bond motifs is 5. The fraction of sp³-hybridized carbons (Fsp3) is 0.682. The normalized spacial score (nSPS) is 45.8. The third-order valence-corrected chi connectivity index (χ3v) is 8.65. The third-order valence-electron chi connectivity index (χ3n) is 8.28. The second-order valence-electron chi connectivity index (χ2n) is 9.24. The van der Waals surface area contributed by atoms with Gasteiger partial charge in [-0.2, -0.15) is 0 Å². The van der Waals surface area contributed by atoms with Crippen LogP contribution in [0.15, 0.2) is 23.3 Å². The van der Waals surface area contributed by atoms with Crippen LogP contribution in [0.5, 0.6) is 0 Å². The molecule has 0 radical (unpaired) electrons. The Morgan fingerprint density at radius 3 is 2.74 bits per heavy atom. The van der Waals surface area contributed by atoms with Gasteiger partial charge >= 0.3 is 0 Å². The van der Waals surface area contributed by atoms with Crippen LogP contribution in [-0.4, -0.2) is 29.0 Å². The van der Waals surface area contributed by atoms with Crippen molar-refractivity contribution in [2.24, 2.45) is 22.7 Å². The average molecular weight is 391 g/mol. The Labute approximate surface area is 165 Å². The molecule has 5 heteroatoms. The van der Waals surface area contributed by atoms with E-state index in [9.17, 15) is 14.4 Å². The molecule has 2 fully saturated rings. The minimum Gasteiger partial charge on any atom is -0.453 e. The number of carbonyl (C=O) groups is 3. The van der Waals surface area contributed by atoms with Crippen LogP contribution in [0.1, 0.15) is 59.3 Å². The van der Waals surface area contributed by atoms with E-state index < -0.39 is 11.0 Å². The molecule has 1 unspecified atom stereocenters. The first-order valence-electron chi connectivity index (χ1n) is 9.91. The first-order valence-corrected chi connectivity index (χ1v) is 10.4. The van der Waals surface area contributed by atoms with Crippen molar-refractivity contribution in [1.29, 1.82) is 0 Å². The molecule has 4 aliphatic carbocycles. The van der Waals surface area contributed by atoms with E-state index in [0.717, 1.165) is 19.3 Å². The highest BCUT2D eigenvalue weighted by molar-refractivity contribution is 6.33. The highest BCUT2D eigenvalue weighted by Gasteiger charge is 2.65. The average Bonchev–Trinajstić information content (AvgIpc) is 2.90. The topological polar surface area (TPSA) is 60.4 Å². The van der Waals surface area contributed by atoms with E-state index in [1.54, 1.807) is 13.0 Å². The molecule has 0 spiro atoms. The zero-order valence-electron chi connectivity index (χ0n) is 16.2. The van der Waals surface area contributed by atoms with Crippen LogP contribution in [0.3, 0.4) is 0 Å². The van der Waals surface area contributed by atoms with Gasteiger partial charge in [0.25, 0.3) is 6.47 Å². The predicted molar refractivity (Wildman–Crippen MR) is 102 cm³/mol. The van der Waals surface area contributed by atoms with Crippen LogP contribution in [0.4, 0.5) is 0 Å². The highest BCUT2D eigenvalue weighted by Crippen LogP contribution is 2.66. The summed E-state index contributed by atoms with van der Waals surface area (Å²) >= 11 is 6.35. The number of rotatable bonds is 3. The van der Waals surface area contributed by atoms with Gasteiger partial charge in [0, 0.05) is 10.8 Å². The summed E-state index contributed by atoms with van der Waals surface area (Å²) in [7, 11) is 0. The Kier molecular flexibility index (Phi) is 4.23. The number of carbonyl (C=O) groups excluding carboxylic acids is 3. The van der Waals surface area contributed by atoms with Gasteiger partial charge in [-0.1, -0.05) is 31.1 Å². The fourth-order valence-electron chi connectivity index (χ4n) is 6.82. The van der Waals surface area contributed by atoms with Crippen LogP contribution in [0, 0.1) is 22.7 Å². The smallest absolute Gasteiger partial charge is 0.294 e. The number of Topliss-reactive ketones (excluding diaryl/α,β-unsaturated/α-hetero) is 1. The number of allylic oxidation sites excluding steroid dienone is 4. The van der Waals surface area contributed by atoms with E-state index in [-0.39, 0.29) is 22.4 Å². The molecule has 0 amide bonds. The zero-order chi connectivity index (χ0) is 19.6. The second-order valence-corrected chi connectivity index (χ2v) is 9.77. The third kappa shape index (κ3) is 2.31. The largest absolute Gasteiger partial charge is 0.453 e. The van der Waals surface area contributed by atoms with E-state index >= 15 is 0 Å². The van der Waals surface area contributed by atoms with Crippen molar-refractivity contribution in [3.8, 4) is 0 Å². The highest BCUT2D eigenvalue weighted by atomic mass is 35.5. The van der Waals surface area contributed by atoms with Gasteiger partial charge in [0.1, 0.15) is 0 Å². The summed E-state index contributed by atoms with van der Waals surface area (Å²) in [5.41, 5.74) is 1.02. The molecule has 2 saturated carbocycles. The molecule has 4 aliphatic rings. The molecule has 0 bridgehead atoms. The van der Waals surface area contributed by atoms with Crippen molar-refractivity contribution in [3.05, 3.63) is 23.3 Å². The summed E-state index contributed by atoms with van der Waals surface area (Å²) in [4.78, 5) is 35.9. The van der Waals surface area contributed by atoms with E-state index in [1.807, 2.05) is 0 Å².